The molecule has 6 nitrogen and oxygen atoms in total. The molecule has 9 aliphatic carbocycles. The lowest BCUT2D eigenvalue weighted by atomic mass is 9.65. The number of rotatable bonds is 6. The molecule has 1 aromatic rings. The van der Waals surface area contributed by atoms with E-state index in [4.69, 9.17) is 0 Å². The van der Waals surface area contributed by atoms with Gasteiger partial charge in [0, 0.05) is 33.3 Å². The van der Waals surface area contributed by atoms with E-state index >= 15 is 0 Å². The molecule has 9 aliphatic rings. The molecule has 9 saturated carbocycles. The Bertz CT molecular complexity index is 954. The third-order valence-corrected chi connectivity index (χ3v) is 12.1. The fraction of sp³-hybridized carbons (Fsp3) is 0.727. The van der Waals surface area contributed by atoms with Crippen LogP contribution >= 0.6 is 0 Å². The van der Waals surface area contributed by atoms with Crippen molar-refractivity contribution in [2.24, 2.45) is 17.8 Å². The van der Waals surface area contributed by atoms with Crippen molar-refractivity contribution in [3.8, 4) is 0 Å². The van der Waals surface area contributed by atoms with E-state index in [1.807, 2.05) is 0 Å². The molecule has 6 heteroatoms. The second-order valence-electron chi connectivity index (χ2n) is 14.4. The third kappa shape index (κ3) is 4.91. The molecule has 0 saturated heterocycles. The van der Waals surface area contributed by atoms with Gasteiger partial charge in [-0.25, -0.2) is 0 Å². The maximum absolute atomic E-state index is 13.7. The second kappa shape index (κ2) is 9.62. The van der Waals surface area contributed by atoms with Crippen LogP contribution in [0.4, 0.5) is 0 Å². The molecule has 0 atom stereocenters. The predicted octanol–water partition coefficient (Wildman–Crippen LogP) is 6.04. The topological polar surface area (TPSA) is 87.3 Å². The molecular formula is C33H45N3O3. The average Bonchev–Trinajstić information content (AvgIpc) is 2.99. The van der Waals surface area contributed by atoms with Crippen LogP contribution in [0.5, 0.6) is 0 Å². The van der Waals surface area contributed by atoms with Gasteiger partial charge in [-0.05, 0) is 152 Å². The summed E-state index contributed by atoms with van der Waals surface area (Å²) in [7, 11) is 0. The SMILES string of the molecule is O=C(NC12CCC(CC1)CC2)c1cc(C(=O)NC23CCC(CC2)CC3)cc(C(=O)NC23CCC(CC2)CC3)c1. The summed E-state index contributed by atoms with van der Waals surface area (Å²) < 4.78 is 0. The van der Waals surface area contributed by atoms with Crippen LogP contribution in [-0.2, 0) is 0 Å². The van der Waals surface area contributed by atoms with E-state index in [1.165, 1.54) is 57.8 Å². The Labute approximate surface area is 232 Å². The Morgan fingerprint density at radius 1 is 0.436 bits per heavy atom. The standard InChI is InChI=1S/C33H45N3O3/c37-28(34-31-10-1-22(2-11-31)3-12-31)25-19-26(29(38)35-32-13-4-23(5-14-32)6-15-32)21-27(20-25)30(39)36-33-16-7-24(8-17-33)9-18-33/h19-24H,1-18H2,(H,34,37)(H,35,38)(H,36,39). The van der Waals surface area contributed by atoms with Gasteiger partial charge in [-0.1, -0.05) is 0 Å². The molecular weight excluding hydrogens is 486 g/mol. The lowest BCUT2D eigenvalue weighted by Crippen LogP contribution is -2.54. The first kappa shape index (κ1) is 25.6. The van der Waals surface area contributed by atoms with E-state index in [2.05, 4.69) is 16.0 Å². The number of benzene rings is 1. The summed E-state index contributed by atoms with van der Waals surface area (Å²) in [4.78, 5) is 41.1. The van der Waals surface area contributed by atoms with Crippen LogP contribution in [0.3, 0.4) is 0 Å². The van der Waals surface area contributed by atoms with Gasteiger partial charge in [0.05, 0.1) is 0 Å². The first-order valence-corrected chi connectivity index (χ1v) is 16.0. The normalized spacial score (nSPS) is 38.3. The van der Waals surface area contributed by atoms with Crippen molar-refractivity contribution in [3.63, 3.8) is 0 Å². The van der Waals surface area contributed by atoms with Crippen molar-refractivity contribution in [2.75, 3.05) is 0 Å². The van der Waals surface area contributed by atoms with Gasteiger partial charge in [0.15, 0.2) is 0 Å². The molecule has 210 valence electrons. The molecule has 0 aromatic heterocycles. The molecule has 0 aliphatic heterocycles. The minimum absolute atomic E-state index is 0.133. The van der Waals surface area contributed by atoms with Crippen molar-refractivity contribution in [1.82, 2.24) is 16.0 Å². The van der Waals surface area contributed by atoms with Crippen LogP contribution in [0, 0.1) is 17.8 Å². The second-order valence-corrected chi connectivity index (χ2v) is 14.4. The highest BCUT2D eigenvalue weighted by Crippen LogP contribution is 2.46. The molecule has 0 heterocycles. The quantitative estimate of drug-likeness (QED) is 0.418. The van der Waals surface area contributed by atoms with Crippen LogP contribution in [-0.4, -0.2) is 34.3 Å². The lowest BCUT2D eigenvalue weighted by Gasteiger charge is -2.47. The minimum atomic E-state index is -0.147. The van der Waals surface area contributed by atoms with Crippen LogP contribution in [0.25, 0.3) is 0 Å². The molecule has 9 fully saturated rings. The fourth-order valence-electron chi connectivity index (χ4n) is 9.27. The van der Waals surface area contributed by atoms with Gasteiger partial charge in [-0.15, -0.1) is 0 Å². The smallest absolute Gasteiger partial charge is 0.251 e. The zero-order chi connectivity index (χ0) is 26.7. The van der Waals surface area contributed by atoms with Gasteiger partial charge < -0.3 is 16.0 Å². The summed E-state index contributed by atoms with van der Waals surface area (Å²) in [6, 6.07) is 5.17. The summed E-state index contributed by atoms with van der Waals surface area (Å²) in [6.45, 7) is 0. The zero-order valence-electron chi connectivity index (χ0n) is 23.4. The van der Waals surface area contributed by atoms with Gasteiger partial charge in [0.2, 0.25) is 0 Å². The van der Waals surface area contributed by atoms with Gasteiger partial charge in [0.25, 0.3) is 17.7 Å². The van der Waals surface area contributed by atoms with Crippen molar-refractivity contribution < 1.29 is 14.4 Å². The van der Waals surface area contributed by atoms with Crippen molar-refractivity contribution in [1.29, 1.82) is 0 Å². The van der Waals surface area contributed by atoms with Gasteiger partial charge in [-0.3, -0.25) is 14.4 Å². The summed E-state index contributed by atoms with van der Waals surface area (Å²) >= 11 is 0. The predicted molar refractivity (Wildman–Crippen MR) is 151 cm³/mol. The Hall–Kier alpha value is -2.37. The Kier molecular flexibility index (Phi) is 6.31. The third-order valence-electron chi connectivity index (χ3n) is 12.1. The molecule has 1 aromatic carbocycles. The number of amides is 3. The van der Waals surface area contributed by atoms with Gasteiger partial charge in [-0.2, -0.15) is 0 Å². The first-order valence-electron chi connectivity index (χ1n) is 16.0. The number of carbonyl (C=O) groups is 3. The summed E-state index contributed by atoms with van der Waals surface area (Å²) in [5.41, 5.74) is 0.905. The monoisotopic (exact) mass is 531 g/mol. The van der Waals surface area contributed by atoms with E-state index in [0.29, 0.717) is 16.7 Å². The molecule has 3 N–H and O–H groups in total. The van der Waals surface area contributed by atoms with E-state index in [1.54, 1.807) is 18.2 Å². The Balaban J connectivity index is 1.16. The highest BCUT2D eigenvalue weighted by Gasteiger charge is 2.44. The molecule has 10 rings (SSSR count). The number of hydrogen-bond donors (Lipinski definition) is 3. The van der Waals surface area contributed by atoms with Crippen LogP contribution in [0.1, 0.15) is 147 Å². The van der Waals surface area contributed by atoms with E-state index in [9.17, 15) is 14.4 Å². The van der Waals surface area contributed by atoms with Crippen LogP contribution < -0.4 is 16.0 Å². The van der Waals surface area contributed by atoms with E-state index < -0.39 is 0 Å². The van der Waals surface area contributed by atoms with Gasteiger partial charge >= 0.3 is 0 Å². The molecule has 3 amide bonds. The fourth-order valence-corrected chi connectivity index (χ4v) is 9.27. The Morgan fingerprint density at radius 3 is 0.846 bits per heavy atom. The van der Waals surface area contributed by atoms with Crippen LogP contribution in [0.2, 0.25) is 0 Å². The Morgan fingerprint density at radius 2 is 0.641 bits per heavy atom. The minimum Gasteiger partial charge on any atom is -0.347 e. The van der Waals surface area contributed by atoms with Crippen molar-refractivity contribution in [3.05, 3.63) is 34.9 Å². The van der Waals surface area contributed by atoms with Crippen molar-refractivity contribution >= 4 is 17.7 Å². The number of carbonyl (C=O) groups excluding carboxylic acids is 3. The molecule has 0 spiro atoms. The summed E-state index contributed by atoms with van der Waals surface area (Å²) in [5, 5.41) is 10.1. The average molecular weight is 532 g/mol. The number of hydrogen-bond acceptors (Lipinski definition) is 3. The maximum atomic E-state index is 13.7. The number of nitrogens with one attached hydrogen (secondary N) is 3. The highest BCUT2D eigenvalue weighted by molar-refractivity contribution is 6.05. The molecule has 39 heavy (non-hydrogen) atoms. The lowest BCUT2D eigenvalue weighted by molar-refractivity contribution is 0.0713. The van der Waals surface area contributed by atoms with Gasteiger partial charge in [0.1, 0.15) is 0 Å². The highest BCUT2D eigenvalue weighted by atomic mass is 16.2. The van der Waals surface area contributed by atoms with Crippen LogP contribution in [0.15, 0.2) is 18.2 Å². The summed E-state index contributed by atoms with van der Waals surface area (Å²) in [6.07, 6.45) is 19.9. The van der Waals surface area contributed by atoms with E-state index in [0.717, 1.165) is 75.5 Å². The van der Waals surface area contributed by atoms with Crippen molar-refractivity contribution in [2.45, 2.75) is 132 Å². The van der Waals surface area contributed by atoms with E-state index in [-0.39, 0.29) is 34.3 Å². The molecule has 6 bridgehead atoms. The largest absolute Gasteiger partial charge is 0.347 e. The number of fused-ring (bicyclic) bond motifs is 9. The summed E-state index contributed by atoms with van der Waals surface area (Å²) in [5.74, 6) is 2.00. The molecule has 0 radical (unpaired) electrons. The molecule has 0 unspecified atom stereocenters. The zero-order valence-corrected chi connectivity index (χ0v) is 23.4. The maximum Gasteiger partial charge on any atom is 0.251 e. The first-order chi connectivity index (χ1) is 18.8.